The monoisotopic (exact) mass is 272 g/mol. The molecule has 1 heterocycles. The first-order valence-corrected chi connectivity index (χ1v) is 6.55. The number of carbonyl (C=O) groups excluding carboxylic acids is 1. The van der Waals surface area contributed by atoms with Gasteiger partial charge in [0.1, 0.15) is 0 Å². The Bertz CT molecular complexity index is 396. The highest BCUT2D eigenvalue weighted by atomic mass is 35.5. The maximum absolute atomic E-state index is 13.3. The van der Waals surface area contributed by atoms with Crippen molar-refractivity contribution in [1.82, 2.24) is 10.3 Å². The molecule has 0 fully saturated rings. The van der Waals surface area contributed by atoms with Gasteiger partial charge >= 0.3 is 0 Å². The number of aromatic nitrogens is 1. The molecule has 0 aliphatic rings. The van der Waals surface area contributed by atoms with Crippen molar-refractivity contribution < 1.29 is 9.18 Å². The number of halogens is 2. The Morgan fingerprint density at radius 3 is 2.72 bits per heavy atom. The number of hydrogen-bond acceptors (Lipinski definition) is 2. The number of rotatable bonds is 6. The van der Waals surface area contributed by atoms with E-state index in [1.807, 2.05) is 0 Å². The van der Waals surface area contributed by atoms with E-state index in [0.29, 0.717) is 12.5 Å². The molecule has 0 bridgehead atoms. The molecule has 1 N–H and O–H groups in total. The van der Waals surface area contributed by atoms with E-state index in [9.17, 15) is 9.18 Å². The molecule has 18 heavy (non-hydrogen) atoms. The fourth-order valence-corrected chi connectivity index (χ4v) is 2.25. The van der Waals surface area contributed by atoms with Crippen molar-refractivity contribution in [2.45, 2.75) is 32.1 Å². The zero-order valence-electron chi connectivity index (χ0n) is 10.6. The molecule has 0 saturated carbocycles. The first kappa shape index (κ1) is 14.9. The molecule has 0 radical (unpaired) electrons. The van der Waals surface area contributed by atoms with E-state index in [0.717, 1.165) is 19.0 Å². The van der Waals surface area contributed by atoms with Crippen molar-refractivity contribution in [2.24, 2.45) is 5.92 Å². The number of carbonyl (C=O) groups is 1. The topological polar surface area (TPSA) is 42.0 Å². The minimum absolute atomic E-state index is 0.00147. The van der Waals surface area contributed by atoms with Gasteiger partial charge in [0, 0.05) is 12.7 Å². The van der Waals surface area contributed by atoms with Crippen molar-refractivity contribution in [3.05, 3.63) is 29.8 Å². The Hall–Kier alpha value is -1.16. The van der Waals surface area contributed by atoms with Crippen molar-refractivity contribution >= 4 is 17.5 Å². The van der Waals surface area contributed by atoms with Crippen LogP contribution in [0.4, 0.5) is 4.39 Å². The first-order valence-electron chi connectivity index (χ1n) is 6.11. The summed E-state index contributed by atoms with van der Waals surface area (Å²) in [6.07, 6.45) is 4.33. The lowest BCUT2D eigenvalue weighted by Crippen LogP contribution is -2.33. The molecule has 0 aromatic carbocycles. The SMILES string of the molecule is CCC(CC)C(Cl)CNC(=O)c1ccncc1F. The van der Waals surface area contributed by atoms with E-state index in [1.54, 1.807) is 0 Å². The van der Waals surface area contributed by atoms with Crippen LogP contribution in [0.1, 0.15) is 37.0 Å². The van der Waals surface area contributed by atoms with Gasteiger partial charge in [-0.1, -0.05) is 26.7 Å². The van der Waals surface area contributed by atoms with Crippen LogP contribution in [0, 0.1) is 11.7 Å². The van der Waals surface area contributed by atoms with Crippen molar-refractivity contribution in [3.63, 3.8) is 0 Å². The van der Waals surface area contributed by atoms with Crippen LogP contribution in [0.3, 0.4) is 0 Å². The maximum atomic E-state index is 13.3. The van der Waals surface area contributed by atoms with Gasteiger partial charge in [-0.3, -0.25) is 9.78 Å². The molecule has 1 amide bonds. The second kappa shape index (κ2) is 7.31. The summed E-state index contributed by atoms with van der Waals surface area (Å²) in [5.41, 5.74) is -0.00147. The van der Waals surface area contributed by atoms with E-state index >= 15 is 0 Å². The smallest absolute Gasteiger partial charge is 0.254 e. The molecule has 1 atom stereocenters. The Kier molecular flexibility index (Phi) is 6.05. The average Bonchev–Trinajstić information content (AvgIpc) is 2.38. The third-order valence-electron chi connectivity index (χ3n) is 3.03. The van der Waals surface area contributed by atoms with E-state index in [2.05, 4.69) is 24.1 Å². The molecule has 5 heteroatoms. The van der Waals surface area contributed by atoms with E-state index in [1.165, 1.54) is 12.3 Å². The standard InChI is InChI=1S/C13H18ClFN2O/c1-3-9(4-2)11(14)7-17-13(18)10-5-6-16-8-12(10)15/h5-6,8-9,11H,3-4,7H2,1-2H3,(H,17,18). The highest BCUT2D eigenvalue weighted by molar-refractivity contribution is 6.21. The van der Waals surface area contributed by atoms with Gasteiger partial charge in [0.2, 0.25) is 0 Å². The maximum Gasteiger partial charge on any atom is 0.254 e. The summed E-state index contributed by atoms with van der Waals surface area (Å²) in [6.45, 7) is 4.47. The number of nitrogens with zero attached hydrogens (tertiary/aromatic N) is 1. The van der Waals surface area contributed by atoms with Crippen LogP contribution in [-0.2, 0) is 0 Å². The highest BCUT2D eigenvalue weighted by Crippen LogP contribution is 2.17. The third-order valence-corrected chi connectivity index (χ3v) is 3.55. The summed E-state index contributed by atoms with van der Waals surface area (Å²) < 4.78 is 13.3. The summed E-state index contributed by atoms with van der Waals surface area (Å²) in [6, 6.07) is 1.35. The van der Waals surface area contributed by atoms with Crippen LogP contribution >= 0.6 is 11.6 Å². The molecule has 0 aliphatic carbocycles. The lowest BCUT2D eigenvalue weighted by atomic mass is 9.99. The molecule has 1 rings (SSSR count). The molecule has 1 unspecified atom stereocenters. The van der Waals surface area contributed by atoms with Gasteiger partial charge < -0.3 is 5.32 Å². The number of alkyl halides is 1. The minimum atomic E-state index is -0.622. The lowest BCUT2D eigenvalue weighted by molar-refractivity contribution is 0.0947. The lowest BCUT2D eigenvalue weighted by Gasteiger charge is -2.19. The van der Waals surface area contributed by atoms with Crippen LogP contribution in [0.5, 0.6) is 0 Å². The highest BCUT2D eigenvalue weighted by Gasteiger charge is 2.18. The van der Waals surface area contributed by atoms with Crippen LogP contribution in [-0.4, -0.2) is 22.8 Å². The normalized spacial score (nSPS) is 12.5. The molecule has 0 saturated heterocycles. The van der Waals surface area contributed by atoms with Gasteiger partial charge in [-0.2, -0.15) is 0 Å². The van der Waals surface area contributed by atoms with Gasteiger partial charge in [0.05, 0.1) is 17.1 Å². The van der Waals surface area contributed by atoms with Crippen LogP contribution in [0.2, 0.25) is 0 Å². The quantitative estimate of drug-likeness (QED) is 0.809. The third kappa shape index (κ3) is 3.95. The van der Waals surface area contributed by atoms with Gasteiger partial charge in [0.15, 0.2) is 5.82 Å². The van der Waals surface area contributed by atoms with Gasteiger partial charge in [0.25, 0.3) is 5.91 Å². The summed E-state index contributed by atoms with van der Waals surface area (Å²) in [5.74, 6) is -0.718. The van der Waals surface area contributed by atoms with Gasteiger partial charge in [-0.05, 0) is 12.0 Å². The number of hydrogen-bond donors (Lipinski definition) is 1. The number of pyridine rings is 1. The largest absolute Gasteiger partial charge is 0.350 e. The molecule has 1 aromatic rings. The number of amides is 1. The molecule has 0 spiro atoms. The van der Waals surface area contributed by atoms with Gasteiger partial charge in [-0.15, -0.1) is 11.6 Å². The fourth-order valence-electron chi connectivity index (χ4n) is 1.81. The molecular formula is C13H18ClFN2O. The Morgan fingerprint density at radius 2 is 2.17 bits per heavy atom. The van der Waals surface area contributed by atoms with Crippen molar-refractivity contribution in [2.75, 3.05) is 6.54 Å². The summed E-state index contributed by atoms with van der Waals surface area (Å²) in [7, 11) is 0. The average molecular weight is 273 g/mol. The Labute approximate surface area is 112 Å². The van der Waals surface area contributed by atoms with Crippen molar-refractivity contribution in [1.29, 1.82) is 0 Å². The first-order chi connectivity index (χ1) is 8.60. The molecule has 3 nitrogen and oxygen atoms in total. The van der Waals surface area contributed by atoms with Crippen molar-refractivity contribution in [3.8, 4) is 0 Å². The summed E-state index contributed by atoms with van der Waals surface area (Å²) in [4.78, 5) is 15.3. The second-order valence-electron chi connectivity index (χ2n) is 4.16. The molecule has 1 aromatic heterocycles. The zero-order valence-corrected chi connectivity index (χ0v) is 11.4. The van der Waals surface area contributed by atoms with E-state index in [4.69, 9.17) is 11.6 Å². The summed E-state index contributed by atoms with van der Waals surface area (Å²) >= 11 is 6.20. The number of nitrogens with one attached hydrogen (secondary N) is 1. The predicted octanol–water partition coefficient (Wildman–Crippen LogP) is 2.99. The van der Waals surface area contributed by atoms with Crippen LogP contribution in [0.15, 0.2) is 18.5 Å². The fraction of sp³-hybridized carbons (Fsp3) is 0.538. The summed E-state index contributed by atoms with van der Waals surface area (Å²) in [5, 5.41) is 2.52. The van der Waals surface area contributed by atoms with Crippen LogP contribution in [0.25, 0.3) is 0 Å². The minimum Gasteiger partial charge on any atom is -0.350 e. The van der Waals surface area contributed by atoms with E-state index < -0.39 is 11.7 Å². The van der Waals surface area contributed by atoms with E-state index in [-0.39, 0.29) is 10.9 Å². The van der Waals surface area contributed by atoms with Crippen LogP contribution < -0.4 is 5.32 Å². The molecular weight excluding hydrogens is 255 g/mol. The second-order valence-corrected chi connectivity index (χ2v) is 4.72. The Morgan fingerprint density at radius 1 is 1.50 bits per heavy atom. The Balaban J connectivity index is 2.54. The molecule has 100 valence electrons. The predicted molar refractivity (Wildman–Crippen MR) is 70.2 cm³/mol. The zero-order chi connectivity index (χ0) is 13.5. The molecule has 0 aliphatic heterocycles. The van der Waals surface area contributed by atoms with Gasteiger partial charge in [-0.25, -0.2) is 4.39 Å².